The summed E-state index contributed by atoms with van der Waals surface area (Å²) in [6.07, 6.45) is 0. The summed E-state index contributed by atoms with van der Waals surface area (Å²) in [5, 5.41) is 14.5. The minimum atomic E-state index is -0.431. The molecular weight excluding hydrogens is 292 g/mol. The molecule has 0 spiro atoms. The molecule has 0 aliphatic rings. The first kappa shape index (κ1) is 15.1. The predicted octanol–water partition coefficient (Wildman–Crippen LogP) is 4.26. The van der Waals surface area contributed by atoms with Crippen molar-refractivity contribution in [3.8, 4) is 5.75 Å². The summed E-state index contributed by atoms with van der Waals surface area (Å²) in [6, 6.07) is 12.1. The van der Waals surface area contributed by atoms with Crippen molar-refractivity contribution in [1.82, 2.24) is 0 Å². The van der Waals surface area contributed by atoms with Gasteiger partial charge in [-0.3, -0.25) is 10.1 Å². The highest BCUT2D eigenvalue weighted by Crippen LogP contribution is 2.25. The number of nitrogens with zero attached hydrogens (tertiary/aromatic N) is 1. The minimum Gasteiger partial charge on any atom is -0.494 e. The van der Waals surface area contributed by atoms with E-state index in [0.29, 0.717) is 23.7 Å². The molecule has 0 fully saturated rings. The first-order valence-corrected chi connectivity index (χ1v) is 6.87. The molecule has 21 heavy (non-hydrogen) atoms. The molecule has 0 amide bonds. The molecule has 0 aliphatic carbocycles. The third-order valence-corrected chi connectivity index (χ3v) is 3.11. The van der Waals surface area contributed by atoms with Gasteiger partial charge in [0.2, 0.25) is 0 Å². The van der Waals surface area contributed by atoms with Crippen LogP contribution in [0.5, 0.6) is 5.75 Å². The summed E-state index contributed by atoms with van der Waals surface area (Å²) in [6.45, 7) is 2.84. The second-order valence-corrected chi connectivity index (χ2v) is 4.78. The van der Waals surface area contributed by atoms with Gasteiger partial charge in [-0.1, -0.05) is 17.7 Å². The topological polar surface area (TPSA) is 64.4 Å². The van der Waals surface area contributed by atoms with Gasteiger partial charge < -0.3 is 10.1 Å². The summed E-state index contributed by atoms with van der Waals surface area (Å²) in [5.41, 5.74) is 1.42. The predicted molar refractivity (Wildman–Crippen MR) is 83.0 cm³/mol. The summed E-state index contributed by atoms with van der Waals surface area (Å²) >= 11 is 5.79. The molecule has 0 bridgehead atoms. The first-order valence-electron chi connectivity index (χ1n) is 6.49. The van der Waals surface area contributed by atoms with Crippen molar-refractivity contribution >= 4 is 23.0 Å². The van der Waals surface area contributed by atoms with Crippen LogP contribution in [0.3, 0.4) is 0 Å². The third-order valence-electron chi connectivity index (χ3n) is 2.87. The number of ether oxygens (including phenoxy) is 1. The molecule has 0 saturated carbocycles. The van der Waals surface area contributed by atoms with Crippen LogP contribution in [0.1, 0.15) is 12.5 Å². The fourth-order valence-electron chi connectivity index (χ4n) is 1.92. The van der Waals surface area contributed by atoms with Crippen LogP contribution in [0.15, 0.2) is 42.5 Å². The van der Waals surface area contributed by atoms with Gasteiger partial charge in [-0.25, -0.2) is 0 Å². The number of nitro benzene ring substituents is 1. The van der Waals surface area contributed by atoms with Crippen molar-refractivity contribution in [1.29, 1.82) is 0 Å². The zero-order chi connectivity index (χ0) is 15.2. The van der Waals surface area contributed by atoms with Crippen molar-refractivity contribution in [3.05, 3.63) is 63.2 Å². The Morgan fingerprint density at radius 2 is 2.10 bits per heavy atom. The Bertz CT molecular complexity index is 647. The van der Waals surface area contributed by atoms with Crippen LogP contribution in [0, 0.1) is 10.1 Å². The lowest BCUT2D eigenvalue weighted by molar-refractivity contribution is -0.385. The van der Waals surface area contributed by atoms with Crippen molar-refractivity contribution in [2.45, 2.75) is 13.5 Å². The van der Waals surface area contributed by atoms with Gasteiger partial charge in [0.25, 0.3) is 5.69 Å². The lowest BCUT2D eigenvalue weighted by atomic mass is 10.1. The summed E-state index contributed by atoms with van der Waals surface area (Å²) in [5.74, 6) is 0.758. The zero-order valence-electron chi connectivity index (χ0n) is 11.5. The van der Waals surface area contributed by atoms with E-state index in [1.807, 2.05) is 31.2 Å². The number of rotatable bonds is 6. The second-order valence-electron chi connectivity index (χ2n) is 4.34. The Morgan fingerprint density at radius 1 is 1.29 bits per heavy atom. The molecule has 0 unspecified atom stereocenters. The SMILES string of the molecule is CCOc1cccc(NCc2ccc(Cl)cc2[N+](=O)[O-])c1. The highest BCUT2D eigenvalue weighted by molar-refractivity contribution is 6.30. The van der Waals surface area contributed by atoms with Gasteiger partial charge in [0.05, 0.1) is 11.5 Å². The molecule has 0 heterocycles. The zero-order valence-corrected chi connectivity index (χ0v) is 12.3. The van der Waals surface area contributed by atoms with Crippen LogP contribution in [0.25, 0.3) is 0 Å². The maximum absolute atomic E-state index is 11.0. The number of benzene rings is 2. The third kappa shape index (κ3) is 4.10. The van der Waals surface area contributed by atoms with Gasteiger partial charge >= 0.3 is 0 Å². The smallest absolute Gasteiger partial charge is 0.275 e. The quantitative estimate of drug-likeness (QED) is 0.640. The van der Waals surface area contributed by atoms with Gasteiger partial charge in [0.1, 0.15) is 5.75 Å². The molecule has 0 atom stereocenters. The van der Waals surface area contributed by atoms with Crippen LogP contribution >= 0.6 is 11.6 Å². The van der Waals surface area contributed by atoms with E-state index >= 15 is 0 Å². The van der Waals surface area contributed by atoms with Gasteiger partial charge in [0.15, 0.2) is 0 Å². The van der Waals surface area contributed by atoms with E-state index in [1.165, 1.54) is 6.07 Å². The number of hydrogen-bond donors (Lipinski definition) is 1. The Kier molecular flexibility index (Phi) is 5.00. The van der Waals surface area contributed by atoms with Crippen molar-refractivity contribution in [3.63, 3.8) is 0 Å². The lowest BCUT2D eigenvalue weighted by Gasteiger charge is -2.09. The Balaban J connectivity index is 2.13. The average molecular weight is 307 g/mol. The van der Waals surface area contributed by atoms with Crippen molar-refractivity contribution in [2.24, 2.45) is 0 Å². The maximum atomic E-state index is 11.0. The molecule has 1 N–H and O–H groups in total. The molecule has 2 aromatic rings. The summed E-state index contributed by atoms with van der Waals surface area (Å²) in [4.78, 5) is 10.6. The van der Waals surface area contributed by atoms with Crippen LogP contribution < -0.4 is 10.1 Å². The van der Waals surface area contributed by atoms with Gasteiger partial charge in [-0.2, -0.15) is 0 Å². The fourth-order valence-corrected chi connectivity index (χ4v) is 2.08. The maximum Gasteiger partial charge on any atom is 0.275 e. The fraction of sp³-hybridized carbons (Fsp3) is 0.200. The summed E-state index contributed by atoms with van der Waals surface area (Å²) < 4.78 is 5.41. The van der Waals surface area contributed by atoms with Gasteiger partial charge in [0, 0.05) is 35.0 Å². The van der Waals surface area contributed by atoms with E-state index in [9.17, 15) is 10.1 Å². The highest BCUT2D eigenvalue weighted by Gasteiger charge is 2.13. The molecule has 6 heteroatoms. The first-order chi connectivity index (χ1) is 10.1. The van der Waals surface area contributed by atoms with E-state index < -0.39 is 4.92 Å². The number of anilines is 1. The number of nitrogens with one attached hydrogen (secondary N) is 1. The molecule has 0 radical (unpaired) electrons. The molecule has 0 aromatic heterocycles. The molecule has 5 nitrogen and oxygen atoms in total. The van der Waals surface area contributed by atoms with E-state index in [1.54, 1.807) is 12.1 Å². The van der Waals surface area contributed by atoms with Crippen LogP contribution in [-0.4, -0.2) is 11.5 Å². The van der Waals surface area contributed by atoms with Crippen LogP contribution in [-0.2, 0) is 6.54 Å². The van der Waals surface area contributed by atoms with E-state index in [0.717, 1.165) is 11.4 Å². The molecule has 2 rings (SSSR count). The number of nitro groups is 1. The number of halogens is 1. The molecule has 0 aliphatic heterocycles. The lowest BCUT2D eigenvalue weighted by Crippen LogP contribution is -2.03. The summed E-state index contributed by atoms with van der Waals surface area (Å²) in [7, 11) is 0. The van der Waals surface area contributed by atoms with Crippen molar-refractivity contribution < 1.29 is 9.66 Å². The van der Waals surface area contributed by atoms with Crippen LogP contribution in [0.4, 0.5) is 11.4 Å². The molecule has 110 valence electrons. The van der Waals surface area contributed by atoms with E-state index in [-0.39, 0.29) is 5.69 Å². The normalized spacial score (nSPS) is 10.2. The Labute approximate surface area is 127 Å². The molecular formula is C15H15ClN2O3. The van der Waals surface area contributed by atoms with E-state index in [2.05, 4.69) is 5.32 Å². The Morgan fingerprint density at radius 3 is 2.81 bits per heavy atom. The second kappa shape index (κ2) is 6.95. The van der Waals surface area contributed by atoms with Gasteiger partial charge in [-0.05, 0) is 31.2 Å². The molecule has 2 aromatic carbocycles. The van der Waals surface area contributed by atoms with Crippen LogP contribution in [0.2, 0.25) is 5.02 Å². The average Bonchev–Trinajstić information content (AvgIpc) is 2.46. The number of hydrogen-bond acceptors (Lipinski definition) is 4. The largest absolute Gasteiger partial charge is 0.494 e. The molecule has 0 saturated heterocycles. The minimum absolute atomic E-state index is 0.0102. The van der Waals surface area contributed by atoms with Crippen molar-refractivity contribution in [2.75, 3.05) is 11.9 Å². The van der Waals surface area contributed by atoms with Gasteiger partial charge in [-0.15, -0.1) is 0 Å². The Hall–Kier alpha value is -2.27. The van der Waals surface area contributed by atoms with E-state index in [4.69, 9.17) is 16.3 Å². The monoisotopic (exact) mass is 306 g/mol. The standard InChI is InChI=1S/C15H15ClN2O3/c1-2-21-14-5-3-4-13(9-14)17-10-11-6-7-12(16)8-15(11)18(19)20/h3-9,17H,2,10H2,1H3. The highest BCUT2D eigenvalue weighted by atomic mass is 35.5.